The number of halogens is 3. The maximum atomic E-state index is 13.3. The summed E-state index contributed by atoms with van der Waals surface area (Å²) in [7, 11) is 0. The van der Waals surface area contributed by atoms with Crippen molar-refractivity contribution >= 4 is 52.3 Å². The zero-order valence-electron chi connectivity index (χ0n) is 16.9. The van der Waals surface area contributed by atoms with Crippen LogP contribution in [0.1, 0.15) is 32.8 Å². The molecule has 2 N–H and O–H groups in total. The van der Waals surface area contributed by atoms with E-state index in [1.54, 1.807) is 5.38 Å². The molecule has 10 heteroatoms. The quantitative estimate of drug-likeness (QED) is 0.524. The molecule has 6 nitrogen and oxygen atoms in total. The number of hydrogen-bond donors (Lipinski definition) is 2. The SMILES string of the molecule is Cl.O=C(Nc1nc(C(=O)N[C@H]2CCN(Cc3ccccc3)C2)cs1)c1ccc(F)c(Cl)c1. The first-order valence-corrected chi connectivity index (χ1v) is 11.0. The zero-order chi connectivity index (χ0) is 21.8. The van der Waals surface area contributed by atoms with Gasteiger partial charge in [-0.15, -0.1) is 23.7 Å². The summed E-state index contributed by atoms with van der Waals surface area (Å²) in [6.45, 7) is 2.55. The highest BCUT2D eigenvalue weighted by Gasteiger charge is 2.25. The molecular weight excluding hydrogens is 474 g/mol. The number of nitrogens with zero attached hydrogens (tertiary/aromatic N) is 2. The highest BCUT2D eigenvalue weighted by molar-refractivity contribution is 7.14. The predicted octanol–water partition coefficient (Wildman–Crippen LogP) is 4.61. The first kappa shape index (κ1) is 24.1. The van der Waals surface area contributed by atoms with Crippen LogP contribution in [-0.4, -0.2) is 40.8 Å². The van der Waals surface area contributed by atoms with Crippen LogP contribution < -0.4 is 10.6 Å². The van der Waals surface area contributed by atoms with E-state index >= 15 is 0 Å². The molecule has 1 atom stereocenters. The van der Waals surface area contributed by atoms with Crippen molar-refractivity contribution in [2.45, 2.75) is 19.0 Å². The van der Waals surface area contributed by atoms with Crippen molar-refractivity contribution < 1.29 is 14.0 Å². The fraction of sp³-hybridized carbons (Fsp3) is 0.227. The molecule has 1 fully saturated rings. The molecule has 1 aliphatic heterocycles. The third kappa shape index (κ3) is 6.04. The summed E-state index contributed by atoms with van der Waals surface area (Å²) in [5, 5.41) is 7.37. The largest absolute Gasteiger partial charge is 0.347 e. The molecule has 4 rings (SSSR count). The lowest BCUT2D eigenvalue weighted by Gasteiger charge is -2.16. The molecule has 0 saturated carbocycles. The van der Waals surface area contributed by atoms with E-state index in [9.17, 15) is 14.0 Å². The molecule has 2 aromatic carbocycles. The minimum atomic E-state index is -0.597. The number of aromatic nitrogens is 1. The Morgan fingerprint density at radius 1 is 1.19 bits per heavy atom. The molecule has 0 unspecified atom stereocenters. The predicted molar refractivity (Wildman–Crippen MR) is 126 cm³/mol. The molecule has 1 aliphatic rings. The van der Waals surface area contributed by atoms with Crippen LogP contribution in [-0.2, 0) is 6.54 Å². The molecule has 0 bridgehead atoms. The molecule has 2 amide bonds. The fourth-order valence-electron chi connectivity index (χ4n) is 3.44. The van der Waals surface area contributed by atoms with E-state index < -0.39 is 11.7 Å². The van der Waals surface area contributed by atoms with Crippen LogP contribution in [0.4, 0.5) is 9.52 Å². The van der Waals surface area contributed by atoms with Gasteiger partial charge in [0.2, 0.25) is 0 Å². The van der Waals surface area contributed by atoms with E-state index in [-0.39, 0.29) is 45.8 Å². The van der Waals surface area contributed by atoms with E-state index in [1.165, 1.54) is 17.7 Å². The Kier molecular flexibility index (Phi) is 8.20. The number of likely N-dealkylation sites (tertiary alicyclic amines) is 1. The number of benzene rings is 2. The van der Waals surface area contributed by atoms with Crippen LogP contribution in [0.15, 0.2) is 53.9 Å². The Morgan fingerprint density at radius 3 is 2.72 bits per heavy atom. The van der Waals surface area contributed by atoms with Crippen molar-refractivity contribution in [3.8, 4) is 0 Å². The topological polar surface area (TPSA) is 74.3 Å². The second-order valence-electron chi connectivity index (χ2n) is 7.30. The Labute approximate surface area is 200 Å². The molecular formula is C22H21Cl2FN4O2S. The van der Waals surface area contributed by atoms with Gasteiger partial charge in [-0.2, -0.15) is 0 Å². The number of hydrogen-bond acceptors (Lipinski definition) is 5. The number of nitrogens with one attached hydrogen (secondary N) is 2. The van der Waals surface area contributed by atoms with Crippen LogP contribution in [0.2, 0.25) is 5.02 Å². The Bertz CT molecular complexity index is 1100. The molecule has 0 spiro atoms. The van der Waals surface area contributed by atoms with E-state index in [4.69, 9.17) is 11.6 Å². The molecule has 2 heterocycles. The van der Waals surface area contributed by atoms with Gasteiger partial charge in [0.25, 0.3) is 11.8 Å². The Morgan fingerprint density at radius 2 is 1.97 bits per heavy atom. The van der Waals surface area contributed by atoms with Crippen LogP contribution >= 0.6 is 35.3 Å². The highest BCUT2D eigenvalue weighted by atomic mass is 35.5. The van der Waals surface area contributed by atoms with Gasteiger partial charge < -0.3 is 5.32 Å². The lowest BCUT2D eigenvalue weighted by Crippen LogP contribution is -2.37. The number of rotatable bonds is 6. The van der Waals surface area contributed by atoms with Crippen molar-refractivity contribution in [3.63, 3.8) is 0 Å². The Balaban J connectivity index is 0.00000289. The molecule has 32 heavy (non-hydrogen) atoms. The van der Waals surface area contributed by atoms with Crippen molar-refractivity contribution in [3.05, 3.63) is 81.6 Å². The average Bonchev–Trinajstić information content (AvgIpc) is 3.40. The molecule has 1 aromatic heterocycles. The van der Waals surface area contributed by atoms with Crippen LogP contribution in [0.25, 0.3) is 0 Å². The summed E-state index contributed by atoms with van der Waals surface area (Å²) in [5.74, 6) is -1.34. The fourth-order valence-corrected chi connectivity index (χ4v) is 4.30. The number of carbonyl (C=O) groups excluding carboxylic acids is 2. The highest BCUT2D eigenvalue weighted by Crippen LogP contribution is 2.20. The third-order valence-corrected chi connectivity index (χ3v) is 6.04. The van der Waals surface area contributed by atoms with Crippen LogP contribution in [0.3, 0.4) is 0 Å². The minimum absolute atomic E-state index is 0. The third-order valence-electron chi connectivity index (χ3n) is 5.00. The molecule has 0 radical (unpaired) electrons. The smallest absolute Gasteiger partial charge is 0.271 e. The van der Waals surface area contributed by atoms with Gasteiger partial charge >= 0.3 is 0 Å². The first-order chi connectivity index (χ1) is 15.0. The van der Waals surface area contributed by atoms with Gasteiger partial charge in [0, 0.05) is 36.6 Å². The summed E-state index contributed by atoms with van der Waals surface area (Å²) in [6.07, 6.45) is 0.873. The second kappa shape index (κ2) is 10.9. The van der Waals surface area contributed by atoms with Gasteiger partial charge in [0.1, 0.15) is 11.5 Å². The van der Waals surface area contributed by atoms with Gasteiger partial charge in [0.15, 0.2) is 5.13 Å². The monoisotopic (exact) mass is 494 g/mol. The van der Waals surface area contributed by atoms with Crippen molar-refractivity contribution in [1.82, 2.24) is 15.2 Å². The van der Waals surface area contributed by atoms with Crippen LogP contribution in [0.5, 0.6) is 0 Å². The molecule has 0 aliphatic carbocycles. The maximum Gasteiger partial charge on any atom is 0.271 e. The lowest BCUT2D eigenvalue weighted by molar-refractivity contribution is 0.0932. The van der Waals surface area contributed by atoms with Gasteiger partial charge in [-0.05, 0) is 30.2 Å². The zero-order valence-corrected chi connectivity index (χ0v) is 19.3. The van der Waals surface area contributed by atoms with Crippen LogP contribution in [0, 0.1) is 5.82 Å². The lowest BCUT2D eigenvalue weighted by atomic mass is 10.2. The van der Waals surface area contributed by atoms with E-state index in [2.05, 4.69) is 32.7 Å². The number of carbonyl (C=O) groups is 2. The molecule has 1 saturated heterocycles. The van der Waals surface area contributed by atoms with Gasteiger partial charge in [0.05, 0.1) is 5.02 Å². The summed E-state index contributed by atoms with van der Waals surface area (Å²) in [4.78, 5) is 31.4. The van der Waals surface area contributed by atoms with Gasteiger partial charge in [-0.3, -0.25) is 19.8 Å². The number of thiazole rings is 1. The van der Waals surface area contributed by atoms with Gasteiger partial charge in [-0.1, -0.05) is 41.9 Å². The standard InChI is InChI=1S/C22H20ClFN4O2S.ClH/c23-17-10-15(6-7-18(17)24)20(29)27-22-26-19(13-31-22)21(30)25-16-8-9-28(12-16)11-14-4-2-1-3-5-14;/h1-7,10,13,16H,8-9,11-12H2,(H,25,30)(H,26,27,29);1H/t16-;/m0./s1. The summed E-state index contributed by atoms with van der Waals surface area (Å²) in [5.41, 5.74) is 1.70. The Hall–Kier alpha value is -2.52. The van der Waals surface area contributed by atoms with Crippen molar-refractivity contribution in [1.29, 1.82) is 0 Å². The average molecular weight is 495 g/mol. The van der Waals surface area contributed by atoms with E-state index in [0.29, 0.717) is 0 Å². The first-order valence-electron chi connectivity index (χ1n) is 9.77. The van der Waals surface area contributed by atoms with E-state index in [0.717, 1.165) is 43.5 Å². The molecule has 3 aromatic rings. The maximum absolute atomic E-state index is 13.3. The number of amides is 2. The minimum Gasteiger partial charge on any atom is -0.347 e. The summed E-state index contributed by atoms with van der Waals surface area (Å²) < 4.78 is 13.3. The normalized spacial score (nSPS) is 15.8. The van der Waals surface area contributed by atoms with Gasteiger partial charge in [-0.25, -0.2) is 9.37 Å². The summed E-state index contributed by atoms with van der Waals surface area (Å²) in [6, 6.07) is 14.0. The van der Waals surface area contributed by atoms with E-state index in [1.807, 2.05) is 18.2 Å². The van der Waals surface area contributed by atoms with Crippen molar-refractivity contribution in [2.75, 3.05) is 18.4 Å². The number of anilines is 1. The second-order valence-corrected chi connectivity index (χ2v) is 8.57. The summed E-state index contributed by atoms with van der Waals surface area (Å²) >= 11 is 6.87. The molecule has 168 valence electrons. The van der Waals surface area contributed by atoms with Crippen molar-refractivity contribution in [2.24, 2.45) is 0 Å².